The molecule has 10 heteroatoms. The van der Waals surface area contributed by atoms with Crippen LogP contribution in [-0.2, 0) is 19.1 Å². The fourth-order valence-corrected chi connectivity index (χ4v) is 5.92. The van der Waals surface area contributed by atoms with Crippen molar-refractivity contribution in [2.24, 2.45) is 11.8 Å². The van der Waals surface area contributed by atoms with E-state index in [-0.39, 0.29) is 42.2 Å². The van der Waals surface area contributed by atoms with Gasteiger partial charge in [0.25, 0.3) is 5.91 Å². The lowest BCUT2D eigenvalue weighted by molar-refractivity contribution is -0.156. The van der Waals surface area contributed by atoms with Crippen LogP contribution in [0.2, 0.25) is 0 Å². The quantitative estimate of drug-likeness (QED) is 0.369. The molecule has 4 rings (SSSR count). The Morgan fingerprint density at radius 3 is 2.50 bits per heavy atom. The number of hydrogen-bond acceptors (Lipinski definition) is 9. The molecule has 10 nitrogen and oxygen atoms in total. The number of carbonyl (C=O) groups excluding carboxylic acids is 3. The van der Waals surface area contributed by atoms with Crippen LogP contribution < -0.4 is 19.5 Å². The van der Waals surface area contributed by atoms with Gasteiger partial charge in [0.15, 0.2) is 11.4 Å². The number of cyclic esters (lactones) is 1. The fourth-order valence-electron chi connectivity index (χ4n) is 5.92. The number of esters is 2. The standard InChI is InChI=1S/C32H42N2O8/c1-21-29(41-24-13-5-4-6-14-24)23(20-22-10-7-8-11-22)12-9-15-25(32(37)40-21)34-31(36)28-30(26(39-3)16-18-33-28)42-27(35)17-19-38-2/h4-6,13-14,16,18,21-23,25,29H,7-12,15,17,19-20H2,1-3H3,(H,34,36). The first kappa shape index (κ1) is 31.3. The number of para-hydroxylation sites is 1. The summed E-state index contributed by atoms with van der Waals surface area (Å²) in [6.45, 7) is 2.02. The van der Waals surface area contributed by atoms with Gasteiger partial charge in [0.05, 0.1) is 20.1 Å². The molecule has 0 spiro atoms. The van der Waals surface area contributed by atoms with Crippen molar-refractivity contribution < 1.29 is 38.1 Å². The molecule has 4 atom stereocenters. The van der Waals surface area contributed by atoms with Crippen molar-refractivity contribution in [2.75, 3.05) is 20.8 Å². The zero-order valence-electron chi connectivity index (χ0n) is 24.7. The summed E-state index contributed by atoms with van der Waals surface area (Å²) in [5, 5.41) is 2.77. The molecule has 1 aliphatic heterocycles. The molecule has 1 saturated carbocycles. The van der Waals surface area contributed by atoms with Crippen molar-refractivity contribution >= 4 is 17.8 Å². The topological polar surface area (TPSA) is 122 Å². The van der Waals surface area contributed by atoms with Gasteiger partial charge in [0, 0.05) is 19.4 Å². The first-order valence-electron chi connectivity index (χ1n) is 14.8. The van der Waals surface area contributed by atoms with Crippen molar-refractivity contribution in [3.05, 3.63) is 48.3 Å². The molecule has 2 aromatic rings. The highest BCUT2D eigenvalue weighted by Crippen LogP contribution is 2.36. The maximum absolute atomic E-state index is 13.4. The van der Waals surface area contributed by atoms with Gasteiger partial charge in [-0.1, -0.05) is 50.3 Å². The van der Waals surface area contributed by atoms with Gasteiger partial charge in [-0.25, -0.2) is 9.78 Å². The number of amides is 1. The number of carbonyl (C=O) groups is 3. The second kappa shape index (κ2) is 15.5. The molecule has 2 heterocycles. The molecule has 4 unspecified atom stereocenters. The number of hydrogen-bond donors (Lipinski definition) is 1. The molecule has 1 aliphatic carbocycles. The highest BCUT2D eigenvalue weighted by Gasteiger charge is 2.37. The van der Waals surface area contributed by atoms with Crippen LogP contribution in [0.15, 0.2) is 42.6 Å². The molecular weight excluding hydrogens is 540 g/mol. The number of rotatable bonds is 11. The molecule has 42 heavy (non-hydrogen) atoms. The molecule has 2 aliphatic rings. The molecule has 1 aromatic carbocycles. The molecule has 1 aromatic heterocycles. The number of aromatic nitrogens is 1. The third-order valence-corrected chi connectivity index (χ3v) is 8.04. The van der Waals surface area contributed by atoms with Gasteiger partial charge in [-0.2, -0.15) is 0 Å². The number of pyridine rings is 1. The Kier molecular flexibility index (Phi) is 11.6. The summed E-state index contributed by atoms with van der Waals surface area (Å²) >= 11 is 0. The van der Waals surface area contributed by atoms with Crippen LogP contribution in [0, 0.1) is 11.8 Å². The summed E-state index contributed by atoms with van der Waals surface area (Å²) in [5.74, 6) is -0.187. The SMILES string of the molecule is COCCC(=O)Oc1c(OC)ccnc1C(=O)NC1CCCC(CC2CCCC2)C(Oc2ccccc2)C(C)OC1=O. The van der Waals surface area contributed by atoms with E-state index in [1.165, 1.54) is 52.2 Å². The summed E-state index contributed by atoms with van der Waals surface area (Å²) in [4.78, 5) is 43.3. The average Bonchev–Trinajstić information content (AvgIpc) is 3.52. The van der Waals surface area contributed by atoms with E-state index in [4.69, 9.17) is 23.7 Å². The first-order valence-corrected chi connectivity index (χ1v) is 14.8. The monoisotopic (exact) mass is 582 g/mol. The van der Waals surface area contributed by atoms with E-state index in [9.17, 15) is 14.4 Å². The van der Waals surface area contributed by atoms with Crippen molar-refractivity contribution in [2.45, 2.75) is 83.0 Å². The van der Waals surface area contributed by atoms with E-state index in [1.807, 2.05) is 37.3 Å². The lowest BCUT2D eigenvalue weighted by Crippen LogP contribution is -2.45. The van der Waals surface area contributed by atoms with Crippen LogP contribution in [0.3, 0.4) is 0 Å². The van der Waals surface area contributed by atoms with Crippen LogP contribution in [0.4, 0.5) is 0 Å². The molecule has 1 saturated heterocycles. The van der Waals surface area contributed by atoms with E-state index in [1.54, 1.807) is 0 Å². The molecule has 0 bridgehead atoms. The van der Waals surface area contributed by atoms with Crippen molar-refractivity contribution in [3.63, 3.8) is 0 Å². The van der Waals surface area contributed by atoms with Gasteiger partial charge in [0.2, 0.25) is 5.75 Å². The van der Waals surface area contributed by atoms with Gasteiger partial charge in [-0.05, 0) is 50.2 Å². The van der Waals surface area contributed by atoms with E-state index in [2.05, 4.69) is 10.3 Å². The first-order chi connectivity index (χ1) is 20.4. The lowest BCUT2D eigenvalue weighted by Gasteiger charge is -2.33. The van der Waals surface area contributed by atoms with Gasteiger partial charge in [0.1, 0.15) is 24.0 Å². The highest BCUT2D eigenvalue weighted by molar-refractivity contribution is 5.98. The van der Waals surface area contributed by atoms with Crippen LogP contribution in [-0.4, -0.2) is 61.9 Å². The van der Waals surface area contributed by atoms with Crippen molar-refractivity contribution in [1.29, 1.82) is 0 Å². The Labute approximate surface area is 247 Å². The van der Waals surface area contributed by atoms with E-state index in [0.29, 0.717) is 18.8 Å². The molecule has 1 N–H and O–H groups in total. The highest BCUT2D eigenvalue weighted by atomic mass is 16.6. The average molecular weight is 583 g/mol. The molecule has 0 radical (unpaired) electrons. The fraction of sp³-hybridized carbons (Fsp3) is 0.562. The number of ether oxygens (including phenoxy) is 5. The van der Waals surface area contributed by atoms with Gasteiger partial charge in [-0.15, -0.1) is 0 Å². The minimum Gasteiger partial charge on any atom is -0.493 e. The summed E-state index contributed by atoms with van der Waals surface area (Å²) < 4.78 is 28.1. The summed E-state index contributed by atoms with van der Waals surface area (Å²) in [7, 11) is 2.87. The van der Waals surface area contributed by atoms with Gasteiger partial charge < -0.3 is 29.0 Å². The smallest absolute Gasteiger partial charge is 0.329 e. The minimum absolute atomic E-state index is 0.0172. The number of nitrogens with one attached hydrogen (secondary N) is 1. The third-order valence-electron chi connectivity index (χ3n) is 8.04. The van der Waals surface area contributed by atoms with Crippen molar-refractivity contribution in [1.82, 2.24) is 10.3 Å². The maximum atomic E-state index is 13.4. The molecule has 1 amide bonds. The second-order valence-electron chi connectivity index (χ2n) is 11.0. The van der Waals surface area contributed by atoms with Gasteiger partial charge >= 0.3 is 11.9 Å². The van der Waals surface area contributed by atoms with Gasteiger partial charge in [-0.3, -0.25) is 9.59 Å². The largest absolute Gasteiger partial charge is 0.493 e. The molecule has 2 fully saturated rings. The van der Waals surface area contributed by atoms with E-state index >= 15 is 0 Å². The van der Waals surface area contributed by atoms with Crippen LogP contribution in [0.25, 0.3) is 0 Å². The third kappa shape index (κ3) is 8.44. The summed E-state index contributed by atoms with van der Waals surface area (Å²) in [5.41, 5.74) is -0.162. The van der Waals surface area contributed by atoms with E-state index < -0.39 is 30.0 Å². The Balaban J connectivity index is 1.51. The zero-order chi connectivity index (χ0) is 29.9. The lowest BCUT2D eigenvalue weighted by atomic mass is 9.83. The Morgan fingerprint density at radius 2 is 1.79 bits per heavy atom. The molecule has 228 valence electrons. The Hall–Kier alpha value is -3.66. The maximum Gasteiger partial charge on any atom is 0.329 e. The number of nitrogens with zero attached hydrogens (tertiary/aromatic N) is 1. The van der Waals surface area contributed by atoms with Crippen LogP contribution in [0.1, 0.15) is 75.2 Å². The van der Waals surface area contributed by atoms with Crippen molar-refractivity contribution in [3.8, 4) is 17.2 Å². The zero-order valence-corrected chi connectivity index (χ0v) is 24.7. The van der Waals surface area contributed by atoms with Crippen LogP contribution in [0.5, 0.6) is 17.2 Å². The van der Waals surface area contributed by atoms with Crippen LogP contribution >= 0.6 is 0 Å². The normalized spacial score (nSPS) is 23.2. The molecular formula is C32H42N2O8. The summed E-state index contributed by atoms with van der Waals surface area (Å²) in [6.07, 6.45) is 8.39. The van der Waals surface area contributed by atoms with E-state index in [0.717, 1.165) is 18.6 Å². The number of methoxy groups -OCH3 is 2. The predicted octanol–water partition coefficient (Wildman–Crippen LogP) is 4.89. The Morgan fingerprint density at radius 1 is 1.02 bits per heavy atom. The summed E-state index contributed by atoms with van der Waals surface area (Å²) in [6, 6.07) is 10.2. The predicted molar refractivity (Wildman–Crippen MR) is 154 cm³/mol. The second-order valence-corrected chi connectivity index (χ2v) is 11.0. The minimum atomic E-state index is -0.910. The number of benzene rings is 1. The Bertz CT molecular complexity index is 1180.